The number of amides is 1. The number of fused-ring (bicyclic) bond motifs is 1. The predicted molar refractivity (Wildman–Crippen MR) is 84.5 cm³/mol. The molecular formula is C17H24N2O4. The highest BCUT2D eigenvalue weighted by atomic mass is 16.4. The Morgan fingerprint density at radius 1 is 1.52 bits per heavy atom. The van der Waals surface area contributed by atoms with Crippen LogP contribution in [0.25, 0.3) is 0 Å². The smallest absolute Gasteiger partial charge is 0.352 e. The van der Waals surface area contributed by atoms with Crippen molar-refractivity contribution in [2.45, 2.75) is 57.7 Å². The largest absolute Gasteiger partial charge is 0.477 e. The number of carboxylic acids is 1. The van der Waals surface area contributed by atoms with Gasteiger partial charge in [-0.25, -0.2) is 4.79 Å². The van der Waals surface area contributed by atoms with Crippen molar-refractivity contribution in [3.05, 3.63) is 22.9 Å². The zero-order valence-corrected chi connectivity index (χ0v) is 13.8. The van der Waals surface area contributed by atoms with Crippen molar-refractivity contribution >= 4 is 11.9 Å². The molecule has 3 N–H and O–H groups in total. The highest BCUT2D eigenvalue weighted by Crippen LogP contribution is 2.46. The number of carboxylic acid groups (broad SMARTS) is 1. The highest BCUT2D eigenvalue weighted by Gasteiger charge is 2.56. The van der Waals surface area contributed by atoms with E-state index in [9.17, 15) is 19.8 Å². The first-order valence-electron chi connectivity index (χ1n) is 8.17. The quantitative estimate of drug-likeness (QED) is 0.673. The maximum atomic E-state index is 12.2. The molecule has 2 fully saturated rings. The molecule has 3 aliphatic rings. The van der Waals surface area contributed by atoms with E-state index in [1.807, 2.05) is 6.92 Å². The molecule has 6 nitrogen and oxygen atoms in total. The summed E-state index contributed by atoms with van der Waals surface area (Å²) in [7, 11) is 0. The van der Waals surface area contributed by atoms with Gasteiger partial charge in [0.25, 0.3) is 0 Å². The Morgan fingerprint density at radius 3 is 2.74 bits per heavy atom. The molecular weight excluding hydrogens is 296 g/mol. The van der Waals surface area contributed by atoms with E-state index in [4.69, 9.17) is 0 Å². The summed E-state index contributed by atoms with van der Waals surface area (Å²) in [5.41, 5.74) is 1.60. The highest BCUT2D eigenvalue weighted by molar-refractivity contribution is 6.00. The summed E-state index contributed by atoms with van der Waals surface area (Å²) in [5.74, 6) is -1.84. The van der Waals surface area contributed by atoms with Gasteiger partial charge in [0.2, 0.25) is 5.91 Å². The first kappa shape index (κ1) is 16.2. The molecule has 3 heterocycles. The molecule has 23 heavy (non-hydrogen) atoms. The number of rotatable bonds is 4. The van der Waals surface area contributed by atoms with Crippen LogP contribution in [0.15, 0.2) is 22.9 Å². The van der Waals surface area contributed by atoms with Crippen LogP contribution in [0.1, 0.15) is 40.0 Å². The second kappa shape index (κ2) is 5.46. The van der Waals surface area contributed by atoms with Crippen molar-refractivity contribution in [3.8, 4) is 0 Å². The van der Waals surface area contributed by atoms with Crippen LogP contribution < -0.4 is 5.32 Å². The standard InChI is InChI=1S/C17H24N2O4/c1-9(8-17(3)5-4-6-18-17)11-7-12-13(10(2)20)15(21)19(12)14(11)16(22)23/h8,10,12-13,18,20H,4-7H2,1-3H3,(H,22,23)/b9-8+/t10-,12-,13-,17-/m1/s1. The third kappa shape index (κ3) is 2.50. The number of hydrogen-bond donors (Lipinski definition) is 3. The van der Waals surface area contributed by atoms with Crippen molar-refractivity contribution in [1.29, 1.82) is 0 Å². The number of carbonyl (C=O) groups excluding carboxylic acids is 1. The number of aliphatic hydroxyl groups is 1. The summed E-state index contributed by atoms with van der Waals surface area (Å²) in [6.07, 6.45) is 3.95. The van der Waals surface area contributed by atoms with Gasteiger partial charge in [0.15, 0.2) is 0 Å². The maximum Gasteiger partial charge on any atom is 0.352 e. The molecule has 0 radical (unpaired) electrons. The van der Waals surface area contributed by atoms with E-state index in [1.165, 1.54) is 4.90 Å². The van der Waals surface area contributed by atoms with Gasteiger partial charge in [0.05, 0.1) is 18.1 Å². The molecule has 0 bridgehead atoms. The summed E-state index contributed by atoms with van der Waals surface area (Å²) >= 11 is 0. The monoisotopic (exact) mass is 320 g/mol. The van der Waals surface area contributed by atoms with E-state index >= 15 is 0 Å². The second-order valence-corrected chi connectivity index (χ2v) is 7.15. The number of aliphatic hydroxyl groups excluding tert-OH is 1. The zero-order chi connectivity index (χ0) is 16.9. The number of aliphatic carboxylic acids is 1. The number of nitrogens with zero attached hydrogens (tertiary/aromatic N) is 1. The predicted octanol–water partition coefficient (Wildman–Crippen LogP) is 1.03. The summed E-state index contributed by atoms with van der Waals surface area (Å²) in [5, 5.41) is 22.8. The first-order chi connectivity index (χ1) is 10.7. The van der Waals surface area contributed by atoms with Gasteiger partial charge in [-0.15, -0.1) is 0 Å². The van der Waals surface area contributed by atoms with Crippen molar-refractivity contribution in [1.82, 2.24) is 10.2 Å². The minimum absolute atomic E-state index is 0.0900. The van der Waals surface area contributed by atoms with Crippen LogP contribution in [0.2, 0.25) is 0 Å². The fourth-order valence-corrected chi connectivity index (χ4v) is 4.23. The van der Waals surface area contributed by atoms with Crippen LogP contribution >= 0.6 is 0 Å². The average molecular weight is 320 g/mol. The number of nitrogens with one attached hydrogen (secondary N) is 1. The van der Waals surface area contributed by atoms with Crippen LogP contribution in [-0.2, 0) is 9.59 Å². The SMILES string of the molecule is C/C(=C\[C@@]1(C)CCCN1)C1=C(C(=O)O)N2C(=O)[C@H]([C@@H](C)O)[C@H]2C1. The summed E-state index contributed by atoms with van der Waals surface area (Å²) in [6.45, 7) is 6.57. The topological polar surface area (TPSA) is 89.9 Å². The number of hydrogen-bond acceptors (Lipinski definition) is 4. The number of β-lactam (4-membered cyclic amide) rings is 1. The minimum Gasteiger partial charge on any atom is -0.477 e. The van der Waals surface area contributed by atoms with E-state index in [2.05, 4.69) is 18.3 Å². The molecule has 0 aromatic heterocycles. The van der Waals surface area contributed by atoms with Crippen LogP contribution in [-0.4, -0.2) is 51.2 Å². The Kier molecular flexibility index (Phi) is 3.84. The van der Waals surface area contributed by atoms with Crippen molar-refractivity contribution in [3.63, 3.8) is 0 Å². The Bertz CT molecular complexity index is 614. The van der Waals surface area contributed by atoms with Crippen molar-refractivity contribution in [2.24, 2.45) is 5.92 Å². The normalized spacial score (nSPS) is 35.4. The van der Waals surface area contributed by atoms with Crippen LogP contribution in [0.4, 0.5) is 0 Å². The van der Waals surface area contributed by atoms with Gasteiger partial charge in [0.1, 0.15) is 5.70 Å². The lowest BCUT2D eigenvalue weighted by atomic mass is 9.82. The fraction of sp³-hybridized carbons (Fsp3) is 0.647. The Morgan fingerprint density at radius 2 is 2.22 bits per heavy atom. The lowest BCUT2D eigenvalue weighted by Crippen LogP contribution is -2.61. The van der Waals surface area contributed by atoms with Gasteiger partial charge in [0, 0.05) is 5.54 Å². The first-order valence-corrected chi connectivity index (χ1v) is 8.17. The molecule has 1 amide bonds. The molecule has 2 saturated heterocycles. The van der Waals surface area contributed by atoms with E-state index in [0.29, 0.717) is 12.0 Å². The molecule has 3 rings (SSSR count). The molecule has 3 aliphatic heterocycles. The summed E-state index contributed by atoms with van der Waals surface area (Å²) in [4.78, 5) is 25.3. The molecule has 4 atom stereocenters. The molecule has 126 valence electrons. The molecule has 0 aliphatic carbocycles. The molecule has 0 saturated carbocycles. The van der Waals surface area contributed by atoms with Gasteiger partial charge in [-0.05, 0) is 57.7 Å². The van der Waals surface area contributed by atoms with Gasteiger partial charge in [-0.3, -0.25) is 4.79 Å². The van der Waals surface area contributed by atoms with Crippen molar-refractivity contribution in [2.75, 3.05) is 6.54 Å². The van der Waals surface area contributed by atoms with Crippen LogP contribution in [0.5, 0.6) is 0 Å². The van der Waals surface area contributed by atoms with Gasteiger partial charge < -0.3 is 20.4 Å². The molecule has 0 aromatic carbocycles. The number of allylic oxidation sites excluding steroid dienone is 1. The van der Waals surface area contributed by atoms with Gasteiger partial charge >= 0.3 is 5.97 Å². The van der Waals surface area contributed by atoms with Crippen LogP contribution in [0.3, 0.4) is 0 Å². The lowest BCUT2D eigenvalue weighted by Gasteiger charge is -2.44. The Labute approximate surface area is 135 Å². The molecule has 0 unspecified atom stereocenters. The minimum atomic E-state index is -1.07. The van der Waals surface area contributed by atoms with Crippen LogP contribution in [0, 0.1) is 5.92 Å². The zero-order valence-electron chi connectivity index (χ0n) is 13.8. The van der Waals surface area contributed by atoms with E-state index in [-0.39, 0.29) is 23.2 Å². The molecule has 6 heteroatoms. The van der Waals surface area contributed by atoms with Gasteiger partial charge in [-0.2, -0.15) is 0 Å². The third-order valence-corrected chi connectivity index (χ3v) is 5.34. The Balaban J connectivity index is 1.93. The molecule has 0 spiro atoms. The third-order valence-electron chi connectivity index (χ3n) is 5.34. The lowest BCUT2D eigenvalue weighted by molar-refractivity contribution is -0.161. The summed E-state index contributed by atoms with van der Waals surface area (Å²) in [6, 6.07) is -0.226. The summed E-state index contributed by atoms with van der Waals surface area (Å²) < 4.78 is 0. The van der Waals surface area contributed by atoms with E-state index in [1.54, 1.807) is 6.92 Å². The van der Waals surface area contributed by atoms with E-state index < -0.39 is 18.0 Å². The van der Waals surface area contributed by atoms with E-state index in [0.717, 1.165) is 25.0 Å². The van der Waals surface area contributed by atoms with Crippen molar-refractivity contribution < 1.29 is 19.8 Å². The Hall–Kier alpha value is -1.66. The van der Waals surface area contributed by atoms with Gasteiger partial charge in [-0.1, -0.05) is 6.08 Å². The second-order valence-electron chi connectivity index (χ2n) is 7.15. The number of carbonyl (C=O) groups is 2. The fourth-order valence-electron chi connectivity index (χ4n) is 4.23. The maximum absolute atomic E-state index is 12.2. The molecule has 0 aromatic rings. The average Bonchev–Trinajstić information content (AvgIpc) is 3.00.